The number of nitrogens with one attached hydrogen (secondary N) is 1. The van der Waals surface area contributed by atoms with Crippen LogP contribution in [0.1, 0.15) is 31.9 Å². The van der Waals surface area contributed by atoms with Crippen molar-refractivity contribution in [3.05, 3.63) is 64.7 Å². The van der Waals surface area contributed by atoms with Crippen LogP contribution in [0.4, 0.5) is 0 Å². The van der Waals surface area contributed by atoms with Gasteiger partial charge in [-0.15, -0.1) is 0 Å². The van der Waals surface area contributed by atoms with E-state index in [9.17, 15) is 4.79 Å². The van der Waals surface area contributed by atoms with Crippen molar-refractivity contribution >= 4 is 34.5 Å². The number of rotatable bonds is 3. The zero-order valence-corrected chi connectivity index (χ0v) is 15.2. The van der Waals surface area contributed by atoms with Gasteiger partial charge in [-0.25, -0.2) is 4.79 Å². The van der Waals surface area contributed by atoms with Gasteiger partial charge in [-0.05, 0) is 46.4 Å². The molecule has 0 amide bonds. The summed E-state index contributed by atoms with van der Waals surface area (Å²) in [4.78, 5) is 14.1. The maximum atomic E-state index is 10.7. The summed E-state index contributed by atoms with van der Waals surface area (Å²) in [5, 5.41) is 10.3. The molecule has 4 heteroatoms. The van der Waals surface area contributed by atoms with E-state index in [-0.39, 0.29) is 5.41 Å². The molecule has 0 bridgehead atoms. The molecule has 0 spiro atoms. The maximum Gasteiger partial charge on any atom is 0.328 e. The van der Waals surface area contributed by atoms with Gasteiger partial charge in [0.15, 0.2) is 0 Å². The van der Waals surface area contributed by atoms with Gasteiger partial charge < -0.3 is 10.1 Å². The number of hydrogen-bond acceptors (Lipinski definition) is 1. The topological polar surface area (TPSA) is 53.1 Å². The molecule has 0 aliphatic rings. The highest BCUT2D eigenvalue weighted by Crippen LogP contribution is 2.36. The minimum Gasteiger partial charge on any atom is -0.478 e. The van der Waals surface area contributed by atoms with Gasteiger partial charge in [-0.3, -0.25) is 0 Å². The predicted molar refractivity (Wildman–Crippen MR) is 104 cm³/mol. The van der Waals surface area contributed by atoms with Gasteiger partial charge in [0.2, 0.25) is 0 Å². The van der Waals surface area contributed by atoms with Crippen molar-refractivity contribution < 1.29 is 9.90 Å². The van der Waals surface area contributed by atoms with Gasteiger partial charge in [0.05, 0.1) is 10.7 Å². The molecule has 3 rings (SSSR count). The Hall–Kier alpha value is -2.52. The lowest BCUT2D eigenvalue weighted by Crippen LogP contribution is -2.10. The summed E-state index contributed by atoms with van der Waals surface area (Å²) in [6.07, 6.45) is 2.68. The average Bonchev–Trinajstić information content (AvgIpc) is 2.89. The fraction of sp³-hybridized carbons (Fsp3) is 0.190. The van der Waals surface area contributed by atoms with Gasteiger partial charge in [-0.1, -0.05) is 56.6 Å². The van der Waals surface area contributed by atoms with Crippen LogP contribution in [0, 0.1) is 0 Å². The highest BCUT2D eigenvalue weighted by Gasteiger charge is 2.16. The summed E-state index contributed by atoms with van der Waals surface area (Å²) >= 11 is 6.62. The number of aromatic nitrogens is 1. The number of halogens is 1. The Morgan fingerprint density at radius 3 is 2.60 bits per heavy atom. The molecule has 0 unspecified atom stereocenters. The van der Waals surface area contributed by atoms with Crippen LogP contribution < -0.4 is 0 Å². The van der Waals surface area contributed by atoms with Crippen molar-refractivity contribution in [2.24, 2.45) is 0 Å². The van der Waals surface area contributed by atoms with Crippen molar-refractivity contribution in [3.8, 4) is 11.3 Å². The zero-order chi connectivity index (χ0) is 18.2. The van der Waals surface area contributed by atoms with Gasteiger partial charge in [0.1, 0.15) is 0 Å². The van der Waals surface area contributed by atoms with E-state index in [1.54, 1.807) is 6.08 Å². The van der Waals surface area contributed by atoms with E-state index in [4.69, 9.17) is 16.7 Å². The molecular formula is C21H20ClNO2. The van der Waals surface area contributed by atoms with Gasteiger partial charge in [0, 0.05) is 17.0 Å². The van der Waals surface area contributed by atoms with Crippen LogP contribution in [0.15, 0.2) is 48.5 Å². The molecule has 0 saturated carbocycles. The van der Waals surface area contributed by atoms with Gasteiger partial charge >= 0.3 is 5.97 Å². The molecule has 2 aromatic carbocycles. The molecule has 2 N–H and O–H groups in total. The summed E-state index contributed by atoms with van der Waals surface area (Å²) in [6, 6.07) is 14.0. The van der Waals surface area contributed by atoms with E-state index in [2.05, 4.69) is 37.9 Å². The van der Waals surface area contributed by atoms with E-state index in [1.807, 2.05) is 30.3 Å². The third-order valence-corrected chi connectivity index (χ3v) is 4.59. The molecule has 0 saturated heterocycles. The molecule has 1 aromatic heterocycles. The number of carbonyl (C=O) groups is 1. The Labute approximate surface area is 152 Å². The van der Waals surface area contributed by atoms with Crippen LogP contribution in [-0.2, 0) is 10.2 Å². The van der Waals surface area contributed by atoms with E-state index >= 15 is 0 Å². The average molecular weight is 354 g/mol. The summed E-state index contributed by atoms with van der Waals surface area (Å²) in [7, 11) is 0. The van der Waals surface area contributed by atoms with Crippen LogP contribution in [0.25, 0.3) is 28.2 Å². The highest BCUT2D eigenvalue weighted by atomic mass is 35.5. The second kappa shape index (κ2) is 6.41. The normalized spacial score (nSPS) is 12.2. The van der Waals surface area contributed by atoms with Gasteiger partial charge in [-0.2, -0.15) is 0 Å². The Balaban J connectivity index is 2.09. The number of H-pyrrole nitrogens is 1. The minimum atomic E-state index is -0.972. The summed E-state index contributed by atoms with van der Waals surface area (Å²) in [6.45, 7) is 6.54. The lowest BCUT2D eigenvalue weighted by molar-refractivity contribution is -0.131. The van der Waals surface area contributed by atoms with E-state index in [0.29, 0.717) is 5.02 Å². The summed E-state index contributed by atoms with van der Waals surface area (Å²) < 4.78 is 0. The van der Waals surface area contributed by atoms with E-state index in [0.717, 1.165) is 33.8 Å². The fourth-order valence-corrected chi connectivity index (χ4v) is 3.10. The smallest absolute Gasteiger partial charge is 0.328 e. The predicted octanol–water partition coefficient (Wildman–Crippen LogP) is 5.88. The second-order valence-electron chi connectivity index (χ2n) is 7.12. The van der Waals surface area contributed by atoms with Crippen molar-refractivity contribution in [1.82, 2.24) is 4.98 Å². The lowest BCUT2D eigenvalue weighted by atomic mass is 9.86. The number of aliphatic carboxylic acids is 1. The standard InChI is InChI=1S/C21H20ClNO2/c1-21(2,3)15-6-4-5-14(12-15)20-19(22)16-11-13(8-10-18(24)25)7-9-17(16)23-20/h4-12,23H,1-3H3,(H,24,25)/b10-8+. The number of benzene rings is 2. The van der Waals surface area contributed by atoms with Crippen LogP contribution in [-0.4, -0.2) is 16.1 Å². The number of fused-ring (bicyclic) bond motifs is 1. The van der Waals surface area contributed by atoms with Crippen LogP contribution in [0.5, 0.6) is 0 Å². The Morgan fingerprint density at radius 2 is 1.92 bits per heavy atom. The molecule has 0 radical (unpaired) electrons. The summed E-state index contributed by atoms with van der Waals surface area (Å²) in [5.41, 5.74) is 4.94. The van der Waals surface area contributed by atoms with Gasteiger partial charge in [0.25, 0.3) is 0 Å². The molecule has 3 nitrogen and oxygen atoms in total. The van der Waals surface area contributed by atoms with Crippen molar-refractivity contribution in [3.63, 3.8) is 0 Å². The highest BCUT2D eigenvalue weighted by molar-refractivity contribution is 6.38. The second-order valence-corrected chi connectivity index (χ2v) is 7.50. The Morgan fingerprint density at radius 1 is 1.16 bits per heavy atom. The number of aromatic amines is 1. The third-order valence-electron chi connectivity index (χ3n) is 4.19. The quantitative estimate of drug-likeness (QED) is 0.577. The molecule has 3 aromatic rings. The number of hydrogen-bond donors (Lipinski definition) is 2. The molecule has 25 heavy (non-hydrogen) atoms. The lowest BCUT2D eigenvalue weighted by Gasteiger charge is -2.19. The van der Waals surface area contributed by atoms with Crippen LogP contribution >= 0.6 is 11.6 Å². The zero-order valence-electron chi connectivity index (χ0n) is 14.4. The number of carboxylic acid groups (broad SMARTS) is 1. The first-order valence-electron chi connectivity index (χ1n) is 8.09. The Kier molecular flexibility index (Phi) is 4.44. The van der Waals surface area contributed by atoms with Crippen LogP contribution in [0.3, 0.4) is 0 Å². The molecular weight excluding hydrogens is 334 g/mol. The Bertz CT molecular complexity index is 977. The van der Waals surface area contributed by atoms with Crippen molar-refractivity contribution in [2.45, 2.75) is 26.2 Å². The van der Waals surface area contributed by atoms with E-state index < -0.39 is 5.97 Å². The minimum absolute atomic E-state index is 0.0588. The monoisotopic (exact) mass is 353 g/mol. The first-order valence-corrected chi connectivity index (χ1v) is 8.46. The number of carboxylic acids is 1. The molecule has 0 fully saturated rings. The maximum absolute atomic E-state index is 10.7. The molecule has 0 atom stereocenters. The SMILES string of the molecule is CC(C)(C)c1cccc(-c2[nH]c3ccc(/C=C/C(=O)O)cc3c2Cl)c1. The molecule has 0 aliphatic carbocycles. The van der Waals surface area contributed by atoms with Crippen LogP contribution in [0.2, 0.25) is 5.02 Å². The third kappa shape index (κ3) is 3.62. The fourth-order valence-electron chi connectivity index (χ4n) is 2.79. The van der Waals surface area contributed by atoms with Crippen molar-refractivity contribution in [1.29, 1.82) is 0 Å². The van der Waals surface area contributed by atoms with Crippen molar-refractivity contribution in [2.75, 3.05) is 0 Å². The first-order chi connectivity index (χ1) is 11.8. The largest absolute Gasteiger partial charge is 0.478 e. The molecule has 1 heterocycles. The summed E-state index contributed by atoms with van der Waals surface area (Å²) in [5.74, 6) is -0.972. The molecule has 128 valence electrons. The van der Waals surface area contributed by atoms with E-state index in [1.165, 1.54) is 5.56 Å². The molecule has 0 aliphatic heterocycles. The first kappa shape index (κ1) is 17.3.